The van der Waals surface area contributed by atoms with Crippen LogP contribution in [0, 0.1) is 0 Å². The summed E-state index contributed by atoms with van der Waals surface area (Å²) < 4.78 is 9.60. The molecule has 0 amide bonds. The number of esters is 2. The summed E-state index contributed by atoms with van der Waals surface area (Å²) in [6.45, 7) is 8.00. The van der Waals surface area contributed by atoms with Crippen LogP contribution in [0.5, 0.6) is 0 Å². The number of carbonyl (C=O) groups excluding carboxylic acids is 2. The van der Waals surface area contributed by atoms with Crippen molar-refractivity contribution >= 4 is 34.0 Å². The Hall–Kier alpha value is -2.02. The van der Waals surface area contributed by atoms with Gasteiger partial charge in [0.15, 0.2) is 0 Å². The van der Waals surface area contributed by atoms with Crippen molar-refractivity contribution in [3.8, 4) is 0 Å². The second-order valence-corrected chi connectivity index (χ2v) is 5.09. The van der Waals surface area contributed by atoms with E-state index in [9.17, 15) is 9.59 Å². The fourth-order valence-corrected chi connectivity index (χ4v) is 2.45. The molecule has 110 valence electrons. The normalized spacial score (nSPS) is 9.95. The summed E-state index contributed by atoms with van der Waals surface area (Å²) in [6, 6.07) is 0. The number of hydrogen-bond donors (Lipinski definition) is 2. The van der Waals surface area contributed by atoms with Crippen LogP contribution in [-0.2, 0) is 9.47 Å². The number of ether oxygens (including phenoxy) is 2. The highest BCUT2D eigenvalue weighted by Crippen LogP contribution is 2.36. The van der Waals surface area contributed by atoms with Gasteiger partial charge in [-0.2, -0.15) is 0 Å². The van der Waals surface area contributed by atoms with Gasteiger partial charge >= 0.3 is 11.9 Å². The molecule has 0 aliphatic heterocycles. The summed E-state index contributed by atoms with van der Waals surface area (Å²) in [4.78, 5) is 23.8. The fraction of sp³-hybridized carbons (Fsp3) is 0.385. The Morgan fingerprint density at radius 2 is 2.05 bits per heavy atom. The molecule has 1 aromatic heterocycles. The van der Waals surface area contributed by atoms with Gasteiger partial charge in [0.1, 0.15) is 15.4 Å². The molecule has 0 aliphatic carbocycles. The predicted octanol–water partition coefficient (Wildman–Crippen LogP) is 2.28. The standard InChI is InChI=1S/C13H18N2O4S/c1-5-19-13(17)10-9(14)8(12(16)18-4)11(20-10)15-6-7(2)3/h15H,2,5-6,14H2,1,3-4H3. The Balaban J connectivity index is 3.19. The minimum atomic E-state index is -0.599. The summed E-state index contributed by atoms with van der Waals surface area (Å²) in [5.41, 5.74) is 6.97. The third-order valence-corrected chi connectivity index (χ3v) is 3.49. The zero-order valence-corrected chi connectivity index (χ0v) is 12.6. The molecule has 1 aromatic rings. The lowest BCUT2D eigenvalue weighted by Gasteiger charge is -2.06. The van der Waals surface area contributed by atoms with Gasteiger partial charge in [-0.1, -0.05) is 12.2 Å². The summed E-state index contributed by atoms with van der Waals surface area (Å²) in [7, 11) is 1.26. The lowest BCUT2D eigenvalue weighted by molar-refractivity contribution is 0.0533. The van der Waals surface area contributed by atoms with Crippen molar-refractivity contribution in [3.05, 3.63) is 22.6 Å². The molecule has 0 saturated carbocycles. The highest BCUT2D eigenvalue weighted by Gasteiger charge is 2.26. The van der Waals surface area contributed by atoms with E-state index in [1.165, 1.54) is 7.11 Å². The number of nitrogens with one attached hydrogen (secondary N) is 1. The Morgan fingerprint density at radius 1 is 1.40 bits per heavy atom. The molecule has 6 nitrogen and oxygen atoms in total. The first-order valence-electron chi connectivity index (χ1n) is 5.98. The van der Waals surface area contributed by atoms with Crippen LogP contribution in [0.25, 0.3) is 0 Å². The first kappa shape index (κ1) is 16.0. The zero-order valence-electron chi connectivity index (χ0n) is 11.7. The molecule has 7 heteroatoms. The number of carbonyl (C=O) groups is 2. The molecule has 0 unspecified atom stereocenters. The van der Waals surface area contributed by atoms with Crippen LogP contribution in [-0.4, -0.2) is 32.2 Å². The average Bonchev–Trinajstić information content (AvgIpc) is 2.73. The lowest BCUT2D eigenvalue weighted by Crippen LogP contribution is -2.10. The summed E-state index contributed by atoms with van der Waals surface area (Å²) in [5.74, 6) is -1.15. The highest BCUT2D eigenvalue weighted by molar-refractivity contribution is 7.19. The van der Waals surface area contributed by atoms with Crippen molar-refractivity contribution in [2.75, 3.05) is 31.3 Å². The van der Waals surface area contributed by atoms with E-state index in [1.807, 2.05) is 6.92 Å². The summed E-state index contributed by atoms with van der Waals surface area (Å²) in [6.07, 6.45) is 0. The molecule has 20 heavy (non-hydrogen) atoms. The molecule has 0 radical (unpaired) electrons. The Morgan fingerprint density at radius 3 is 2.55 bits per heavy atom. The molecular weight excluding hydrogens is 280 g/mol. The highest BCUT2D eigenvalue weighted by atomic mass is 32.1. The van der Waals surface area contributed by atoms with Crippen LogP contribution in [0.3, 0.4) is 0 Å². The number of rotatable bonds is 6. The van der Waals surface area contributed by atoms with Crippen LogP contribution >= 0.6 is 11.3 Å². The smallest absolute Gasteiger partial charge is 0.350 e. The van der Waals surface area contributed by atoms with E-state index >= 15 is 0 Å². The van der Waals surface area contributed by atoms with Gasteiger partial charge in [0.05, 0.1) is 19.4 Å². The first-order valence-corrected chi connectivity index (χ1v) is 6.79. The number of nitrogens with two attached hydrogens (primary N) is 1. The molecule has 0 spiro atoms. The van der Waals surface area contributed by atoms with E-state index in [2.05, 4.69) is 11.9 Å². The molecule has 0 fully saturated rings. The average molecular weight is 298 g/mol. The van der Waals surface area contributed by atoms with Crippen molar-refractivity contribution < 1.29 is 19.1 Å². The molecule has 0 aromatic carbocycles. The van der Waals surface area contributed by atoms with Crippen LogP contribution < -0.4 is 11.1 Å². The van der Waals surface area contributed by atoms with E-state index < -0.39 is 11.9 Å². The van der Waals surface area contributed by atoms with Crippen LogP contribution in [0.15, 0.2) is 12.2 Å². The summed E-state index contributed by atoms with van der Waals surface area (Å²) in [5, 5.41) is 3.49. The SMILES string of the molecule is C=C(C)CNc1sc(C(=O)OCC)c(N)c1C(=O)OC. The van der Waals surface area contributed by atoms with E-state index in [0.717, 1.165) is 16.9 Å². The van der Waals surface area contributed by atoms with Gasteiger partial charge in [0, 0.05) is 6.54 Å². The van der Waals surface area contributed by atoms with Gasteiger partial charge in [-0.3, -0.25) is 0 Å². The second-order valence-electron chi connectivity index (χ2n) is 4.07. The van der Waals surface area contributed by atoms with E-state index in [4.69, 9.17) is 15.2 Å². The second kappa shape index (κ2) is 6.95. The fourth-order valence-electron chi connectivity index (χ4n) is 1.45. The maximum atomic E-state index is 11.8. The van der Waals surface area contributed by atoms with E-state index in [-0.39, 0.29) is 22.7 Å². The molecule has 0 bridgehead atoms. The van der Waals surface area contributed by atoms with Crippen molar-refractivity contribution in [1.82, 2.24) is 0 Å². The minimum Gasteiger partial charge on any atom is -0.465 e. The molecule has 1 rings (SSSR count). The largest absolute Gasteiger partial charge is 0.465 e. The van der Waals surface area contributed by atoms with Gasteiger partial charge in [-0.05, 0) is 13.8 Å². The van der Waals surface area contributed by atoms with Crippen LogP contribution in [0.1, 0.15) is 33.9 Å². The Kier molecular flexibility index (Phi) is 5.57. The number of thiophene rings is 1. The predicted molar refractivity (Wildman–Crippen MR) is 79.3 cm³/mol. The lowest BCUT2D eigenvalue weighted by atomic mass is 10.2. The molecule has 3 N–H and O–H groups in total. The van der Waals surface area contributed by atoms with Gasteiger partial charge in [0.2, 0.25) is 0 Å². The monoisotopic (exact) mass is 298 g/mol. The van der Waals surface area contributed by atoms with E-state index in [1.54, 1.807) is 6.92 Å². The maximum Gasteiger partial charge on any atom is 0.350 e. The van der Waals surface area contributed by atoms with Gasteiger partial charge in [0.25, 0.3) is 0 Å². The third-order valence-electron chi connectivity index (χ3n) is 2.35. The topological polar surface area (TPSA) is 90.6 Å². The molecule has 0 saturated heterocycles. The zero-order chi connectivity index (χ0) is 15.3. The van der Waals surface area contributed by atoms with Crippen molar-refractivity contribution in [2.24, 2.45) is 0 Å². The maximum absolute atomic E-state index is 11.8. The van der Waals surface area contributed by atoms with Gasteiger partial charge < -0.3 is 20.5 Å². The van der Waals surface area contributed by atoms with E-state index in [0.29, 0.717) is 11.5 Å². The van der Waals surface area contributed by atoms with Crippen LogP contribution in [0.2, 0.25) is 0 Å². The third kappa shape index (κ3) is 3.51. The molecular formula is C13H18N2O4S. The Bertz CT molecular complexity index is 537. The Labute approximate surface area is 121 Å². The van der Waals surface area contributed by atoms with Gasteiger partial charge in [-0.25, -0.2) is 9.59 Å². The van der Waals surface area contributed by atoms with Crippen LogP contribution in [0.4, 0.5) is 10.7 Å². The molecule has 1 heterocycles. The first-order chi connectivity index (χ1) is 9.42. The van der Waals surface area contributed by atoms with Crippen molar-refractivity contribution in [1.29, 1.82) is 0 Å². The minimum absolute atomic E-state index is 0.0736. The molecule has 0 aliphatic rings. The quantitative estimate of drug-likeness (QED) is 0.618. The van der Waals surface area contributed by atoms with Crippen molar-refractivity contribution in [3.63, 3.8) is 0 Å². The number of nitrogen functional groups attached to an aromatic ring is 1. The van der Waals surface area contributed by atoms with Gasteiger partial charge in [-0.15, -0.1) is 11.3 Å². The number of anilines is 2. The number of hydrogen-bond acceptors (Lipinski definition) is 7. The summed E-state index contributed by atoms with van der Waals surface area (Å²) >= 11 is 1.07. The number of methoxy groups -OCH3 is 1. The van der Waals surface area contributed by atoms with Crippen molar-refractivity contribution in [2.45, 2.75) is 13.8 Å². The molecule has 0 atom stereocenters.